The summed E-state index contributed by atoms with van der Waals surface area (Å²) in [6, 6.07) is 4.12. The number of ether oxygens (including phenoxy) is 1. The van der Waals surface area contributed by atoms with Crippen molar-refractivity contribution < 1.29 is 14.5 Å². The molecule has 0 saturated carbocycles. The minimum absolute atomic E-state index is 0.0461. The summed E-state index contributed by atoms with van der Waals surface area (Å²) in [7, 11) is 0. The van der Waals surface area contributed by atoms with Gasteiger partial charge in [0.15, 0.2) is 0 Å². The second-order valence-electron chi connectivity index (χ2n) is 3.37. The van der Waals surface area contributed by atoms with Gasteiger partial charge in [-0.25, -0.2) is 0 Å². The van der Waals surface area contributed by atoms with Crippen LogP contribution in [0.1, 0.15) is 18.9 Å². The highest BCUT2D eigenvalue weighted by Gasteiger charge is 2.07. The van der Waals surface area contributed by atoms with E-state index in [1.165, 1.54) is 18.2 Å². The minimum atomic E-state index is -0.501. The number of esters is 1. The molecule has 0 aliphatic carbocycles. The smallest absolute Gasteiger partial charge is 0.309 e. The molecule has 0 heterocycles. The Kier molecular flexibility index (Phi) is 5.32. The zero-order chi connectivity index (χ0) is 13.5. The molecule has 0 unspecified atom stereocenters. The van der Waals surface area contributed by atoms with Gasteiger partial charge in [-0.1, -0.05) is 23.8 Å². The minimum Gasteiger partial charge on any atom is -0.466 e. The van der Waals surface area contributed by atoms with Crippen LogP contribution in [0.4, 0.5) is 5.69 Å². The molecule has 18 heavy (non-hydrogen) atoms. The summed E-state index contributed by atoms with van der Waals surface area (Å²) < 4.78 is 4.74. The van der Waals surface area contributed by atoms with Crippen molar-refractivity contribution >= 4 is 29.3 Å². The lowest BCUT2D eigenvalue weighted by Crippen LogP contribution is -2.01. The van der Waals surface area contributed by atoms with Gasteiger partial charge in [-0.3, -0.25) is 14.9 Å². The number of nitro benzene ring substituents is 1. The molecule has 96 valence electrons. The van der Waals surface area contributed by atoms with Gasteiger partial charge < -0.3 is 4.74 Å². The number of halogens is 1. The average molecular weight is 270 g/mol. The van der Waals surface area contributed by atoms with Crippen molar-refractivity contribution in [1.82, 2.24) is 0 Å². The lowest BCUT2D eigenvalue weighted by atomic mass is 10.2. The first-order valence-corrected chi connectivity index (χ1v) is 5.68. The third kappa shape index (κ3) is 4.18. The molecule has 0 aliphatic rings. The van der Waals surface area contributed by atoms with Crippen LogP contribution in [0.15, 0.2) is 24.3 Å². The molecule has 0 radical (unpaired) electrons. The number of rotatable bonds is 5. The summed E-state index contributed by atoms with van der Waals surface area (Å²) in [6.45, 7) is 2.04. The van der Waals surface area contributed by atoms with Crippen LogP contribution in [0.2, 0.25) is 5.02 Å². The van der Waals surface area contributed by atoms with E-state index in [9.17, 15) is 14.9 Å². The standard InChI is InChI=1S/C12H12ClNO4/c1-2-18-12(15)5-3-4-9-8-10(14(16)17)6-7-11(9)13/h3-4,6-8H,2,5H2,1H3. The number of hydrogen-bond donors (Lipinski definition) is 0. The van der Waals surface area contributed by atoms with Gasteiger partial charge in [0.2, 0.25) is 0 Å². The number of benzene rings is 1. The van der Waals surface area contributed by atoms with E-state index in [-0.39, 0.29) is 18.1 Å². The second-order valence-corrected chi connectivity index (χ2v) is 3.78. The van der Waals surface area contributed by atoms with Gasteiger partial charge in [-0.15, -0.1) is 0 Å². The highest BCUT2D eigenvalue weighted by Crippen LogP contribution is 2.23. The molecule has 1 aromatic rings. The zero-order valence-corrected chi connectivity index (χ0v) is 10.5. The van der Waals surface area contributed by atoms with Crippen LogP contribution in [-0.4, -0.2) is 17.5 Å². The van der Waals surface area contributed by atoms with Gasteiger partial charge in [0.1, 0.15) is 0 Å². The fourth-order valence-electron chi connectivity index (χ4n) is 1.27. The van der Waals surface area contributed by atoms with Gasteiger partial charge in [-0.2, -0.15) is 0 Å². The third-order valence-corrected chi connectivity index (χ3v) is 2.42. The normalized spacial score (nSPS) is 10.6. The summed E-state index contributed by atoms with van der Waals surface area (Å²) in [5.41, 5.74) is 0.449. The maximum Gasteiger partial charge on any atom is 0.309 e. The number of nitrogens with zero attached hydrogens (tertiary/aromatic N) is 1. The summed E-state index contributed by atoms with van der Waals surface area (Å²) in [5.74, 6) is -0.352. The molecule has 6 heteroatoms. The number of carbonyl (C=O) groups excluding carboxylic acids is 1. The van der Waals surface area contributed by atoms with Gasteiger partial charge in [0.05, 0.1) is 18.0 Å². The Hall–Kier alpha value is -1.88. The Morgan fingerprint density at radius 1 is 1.56 bits per heavy atom. The Balaban J connectivity index is 2.77. The fraction of sp³-hybridized carbons (Fsp3) is 0.250. The first-order valence-electron chi connectivity index (χ1n) is 5.30. The van der Waals surface area contributed by atoms with Crippen LogP contribution in [-0.2, 0) is 9.53 Å². The van der Waals surface area contributed by atoms with E-state index in [1.54, 1.807) is 19.1 Å². The molecule has 0 spiro atoms. The molecule has 0 fully saturated rings. The van der Waals surface area contributed by atoms with Crippen molar-refractivity contribution in [3.05, 3.63) is 45.0 Å². The van der Waals surface area contributed by atoms with Crippen LogP contribution >= 0.6 is 11.6 Å². The van der Waals surface area contributed by atoms with E-state index in [0.717, 1.165) is 0 Å². The van der Waals surface area contributed by atoms with E-state index in [2.05, 4.69) is 0 Å². The molecular formula is C12H12ClNO4. The molecule has 0 aromatic heterocycles. The molecule has 1 aromatic carbocycles. The molecule has 0 atom stereocenters. The van der Waals surface area contributed by atoms with E-state index in [4.69, 9.17) is 16.3 Å². The highest BCUT2D eigenvalue weighted by atomic mass is 35.5. The third-order valence-electron chi connectivity index (χ3n) is 2.08. The van der Waals surface area contributed by atoms with Gasteiger partial charge in [0, 0.05) is 17.2 Å². The van der Waals surface area contributed by atoms with Crippen molar-refractivity contribution in [2.75, 3.05) is 6.61 Å². The molecule has 0 bridgehead atoms. The zero-order valence-electron chi connectivity index (χ0n) is 9.76. The molecule has 0 N–H and O–H groups in total. The van der Waals surface area contributed by atoms with E-state index in [0.29, 0.717) is 17.2 Å². The van der Waals surface area contributed by atoms with E-state index < -0.39 is 4.92 Å². The lowest BCUT2D eigenvalue weighted by Gasteiger charge is -1.99. The molecule has 0 saturated heterocycles. The summed E-state index contributed by atoms with van der Waals surface area (Å²) in [4.78, 5) is 21.2. The first-order chi connectivity index (χ1) is 8.54. The summed E-state index contributed by atoms with van der Waals surface area (Å²) >= 11 is 5.89. The lowest BCUT2D eigenvalue weighted by molar-refractivity contribution is -0.384. The predicted octanol–water partition coefficient (Wildman–Crippen LogP) is 3.21. The Morgan fingerprint density at radius 2 is 2.28 bits per heavy atom. The van der Waals surface area contributed by atoms with Crippen molar-refractivity contribution in [3.63, 3.8) is 0 Å². The average Bonchev–Trinajstić information content (AvgIpc) is 2.31. The number of nitro groups is 1. The maximum absolute atomic E-state index is 11.1. The summed E-state index contributed by atoms with van der Waals surface area (Å²) in [6.07, 6.45) is 3.22. The largest absolute Gasteiger partial charge is 0.466 e. The Morgan fingerprint density at radius 3 is 2.89 bits per heavy atom. The first kappa shape index (κ1) is 14.2. The van der Waals surface area contributed by atoms with Crippen molar-refractivity contribution in [3.8, 4) is 0 Å². The van der Waals surface area contributed by atoms with Gasteiger partial charge in [-0.05, 0) is 18.6 Å². The van der Waals surface area contributed by atoms with Crippen molar-refractivity contribution in [1.29, 1.82) is 0 Å². The van der Waals surface area contributed by atoms with Crippen molar-refractivity contribution in [2.24, 2.45) is 0 Å². The van der Waals surface area contributed by atoms with Crippen LogP contribution in [0.25, 0.3) is 6.08 Å². The fourth-order valence-corrected chi connectivity index (χ4v) is 1.46. The Bertz CT molecular complexity index is 485. The van der Waals surface area contributed by atoms with Gasteiger partial charge in [0.25, 0.3) is 5.69 Å². The van der Waals surface area contributed by atoms with E-state index >= 15 is 0 Å². The topological polar surface area (TPSA) is 69.4 Å². The number of hydrogen-bond acceptors (Lipinski definition) is 4. The molecule has 1 rings (SSSR count). The maximum atomic E-state index is 11.1. The molecule has 0 aliphatic heterocycles. The van der Waals surface area contributed by atoms with Crippen molar-refractivity contribution in [2.45, 2.75) is 13.3 Å². The molecule has 5 nitrogen and oxygen atoms in total. The highest BCUT2D eigenvalue weighted by molar-refractivity contribution is 6.32. The molecular weight excluding hydrogens is 258 g/mol. The molecule has 0 amide bonds. The summed E-state index contributed by atoms with van der Waals surface area (Å²) in [5, 5.41) is 11.0. The van der Waals surface area contributed by atoms with Crippen LogP contribution in [0, 0.1) is 10.1 Å². The monoisotopic (exact) mass is 269 g/mol. The van der Waals surface area contributed by atoms with Gasteiger partial charge >= 0.3 is 5.97 Å². The number of carbonyl (C=O) groups is 1. The second kappa shape index (κ2) is 6.76. The number of non-ortho nitro benzene ring substituents is 1. The van der Waals surface area contributed by atoms with E-state index in [1.807, 2.05) is 0 Å². The Labute approximate surface area is 109 Å². The SMILES string of the molecule is CCOC(=O)CC=Cc1cc([N+](=O)[O-])ccc1Cl. The van der Waals surface area contributed by atoms with Crippen LogP contribution < -0.4 is 0 Å². The predicted molar refractivity (Wildman–Crippen MR) is 68.4 cm³/mol. The van der Waals surface area contributed by atoms with Crippen LogP contribution in [0.5, 0.6) is 0 Å². The van der Waals surface area contributed by atoms with Crippen LogP contribution in [0.3, 0.4) is 0 Å². The quantitative estimate of drug-likeness (QED) is 0.467.